The predicted octanol–water partition coefficient (Wildman–Crippen LogP) is 5.51. The number of nitrogens with one attached hydrogen (secondary N) is 1. The molecule has 4 rings (SSSR count). The maximum absolute atomic E-state index is 4.68. The Morgan fingerprint density at radius 2 is 1.78 bits per heavy atom. The summed E-state index contributed by atoms with van der Waals surface area (Å²) in [7, 11) is 4.04. The van der Waals surface area contributed by atoms with Crippen molar-refractivity contribution in [1.29, 1.82) is 0 Å². The molecule has 1 aliphatic heterocycles. The third kappa shape index (κ3) is 3.04. The summed E-state index contributed by atoms with van der Waals surface area (Å²) in [5.74, 6) is 0. The number of halogens is 1. The van der Waals surface area contributed by atoms with Crippen LogP contribution in [0.1, 0.15) is 0 Å². The van der Waals surface area contributed by atoms with Gasteiger partial charge in [0, 0.05) is 34.8 Å². The molecule has 2 heterocycles. The van der Waals surface area contributed by atoms with Gasteiger partial charge in [-0.1, -0.05) is 30.0 Å². The van der Waals surface area contributed by atoms with E-state index in [1.54, 1.807) is 11.3 Å². The minimum absolute atomic E-state index is 0. The van der Waals surface area contributed by atoms with Gasteiger partial charge in [-0.15, -0.1) is 23.7 Å². The molecular formula is C17H16ClN3S2. The molecule has 2 aromatic carbocycles. The van der Waals surface area contributed by atoms with Crippen molar-refractivity contribution in [2.45, 2.75) is 9.79 Å². The molecule has 0 saturated carbocycles. The van der Waals surface area contributed by atoms with Crippen molar-refractivity contribution in [3.05, 3.63) is 47.8 Å². The zero-order valence-electron chi connectivity index (χ0n) is 12.7. The van der Waals surface area contributed by atoms with Crippen LogP contribution in [0.3, 0.4) is 0 Å². The molecule has 0 radical (unpaired) electrons. The van der Waals surface area contributed by atoms with Crippen molar-refractivity contribution in [2.75, 3.05) is 24.3 Å². The van der Waals surface area contributed by atoms with Crippen LogP contribution in [0.5, 0.6) is 0 Å². The molecule has 0 aliphatic carbocycles. The summed E-state index contributed by atoms with van der Waals surface area (Å²) < 4.78 is 0. The zero-order chi connectivity index (χ0) is 15.1. The van der Waals surface area contributed by atoms with Crippen molar-refractivity contribution in [2.24, 2.45) is 0 Å². The van der Waals surface area contributed by atoms with Crippen LogP contribution in [-0.4, -0.2) is 19.1 Å². The Bertz CT molecular complexity index is 845. The number of aromatic nitrogens is 1. The van der Waals surface area contributed by atoms with Crippen molar-refractivity contribution >= 4 is 52.0 Å². The van der Waals surface area contributed by atoms with E-state index >= 15 is 0 Å². The van der Waals surface area contributed by atoms with Crippen molar-refractivity contribution < 1.29 is 0 Å². The first-order valence-corrected chi connectivity index (χ1v) is 8.71. The molecule has 3 nitrogen and oxygen atoms in total. The Morgan fingerprint density at radius 1 is 1.00 bits per heavy atom. The Hall–Kier alpha value is -1.69. The van der Waals surface area contributed by atoms with Crippen LogP contribution in [0.25, 0.3) is 11.3 Å². The molecule has 3 aromatic rings. The zero-order valence-corrected chi connectivity index (χ0v) is 15.2. The highest BCUT2D eigenvalue weighted by Crippen LogP contribution is 2.45. The Balaban J connectivity index is 0.00000156. The summed E-state index contributed by atoms with van der Waals surface area (Å²) >= 11 is 3.48. The van der Waals surface area contributed by atoms with Gasteiger partial charge in [0.15, 0.2) is 5.13 Å². The molecule has 0 saturated heterocycles. The molecule has 0 unspecified atom stereocenters. The van der Waals surface area contributed by atoms with Crippen LogP contribution in [-0.2, 0) is 0 Å². The fourth-order valence-electron chi connectivity index (χ4n) is 2.40. The molecule has 118 valence electrons. The van der Waals surface area contributed by atoms with E-state index < -0.39 is 0 Å². The van der Waals surface area contributed by atoms with Crippen LogP contribution in [0.2, 0.25) is 0 Å². The number of para-hydroxylation sites is 1. The lowest BCUT2D eigenvalue weighted by Crippen LogP contribution is -2.07. The van der Waals surface area contributed by atoms with E-state index in [1.165, 1.54) is 15.5 Å². The smallest absolute Gasteiger partial charge is 0.185 e. The third-order valence-electron chi connectivity index (χ3n) is 3.53. The summed E-state index contributed by atoms with van der Waals surface area (Å²) in [5.41, 5.74) is 4.50. The van der Waals surface area contributed by atoms with Gasteiger partial charge in [-0.25, -0.2) is 4.98 Å². The fraction of sp³-hybridized carbons (Fsp3) is 0.118. The van der Waals surface area contributed by atoms with E-state index in [-0.39, 0.29) is 12.4 Å². The van der Waals surface area contributed by atoms with Gasteiger partial charge in [-0.05, 0) is 24.3 Å². The molecule has 1 aliphatic rings. The molecular weight excluding hydrogens is 346 g/mol. The maximum atomic E-state index is 4.68. The molecule has 1 aromatic heterocycles. The van der Waals surface area contributed by atoms with E-state index in [1.807, 2.05) is 30.8 Å². The van der Waals surface area contributed by atoms with E-state index in [0.29, 0.717) is 0 Å². The standard InChI is InChI=1S/C17H15N3S2.ClH/c1-20(2)17-19-14(10-21-17)11-7-8-16-13(9-11)18-12-5-3-4-6-15(12)22-16;/h3-10,18H,1-2H3;1H. The second-order valence-corrected chi connectivity index (χ2v) is 7.26. The van der Waals surface area contributed by atoms with Gasteiger partial charge in [0.25, 0.3) is 0 Å². The Labute approximate surface area is 150 Å². The van der Waals surface area contributed by atoms with Crippen molar-refractivity contribution in [1.82, 2.24) is 4.98 Å². The highest BCUT2D eigenvalue weighted by molar-refractivity contribution is 7.99. The lowest BCUT2D eigenvalue weighted by Gasteiger charge is -2.21. The average Bonchev–Trinajstić information content (AvgIpc) is 3.02. The molecule has 0 amide bonds. The largest absolute Gasteiger partial charge is 0.354 e. The van der Waals surface area contributed by atoms with E-state index in [4.69, 9.17) is 0 Å². The summed E-state index contributed by atoms with van der Waals surface area (Å²) in [6, 6.07) is 14.9. The molecule has 0 atom stereocenters. The average molecular weight is 362 g/mol. The van der Waals surface area contributed by atoms with Crippen LogP contribution in [0.4, 0.5) is 16.5 Å². The lowest BCUT2D eigenvalue weighted by atomic mass is 10.1. The highest BCUT2D eigenvalue weighted by atomic mass is 35.5. The maximum Gasteiger partial charge on any atom is 0.185 e. The predicted molar refractivity (Wildman–Crippen MR) is 103 cm³/mol. The van der Waals surface area contributed by atoms with Crippen LogP contribution >= 0.6 is 35.5 Å². The minimum atomic E-state index is 0. The number of rotatable bonds is 2. The van der Waals surface area contributed by atoms with Crippen LogP contribution < -0.4 is 10.2 Å². The van der Waals surface area contributed by atoms with Crippen molar-refractivity contribution in [3.8, 4) is 11.3 Å². The molecule has 0 spiro atoms. The third-order valence-corrected chi connectivity index (χ3v) is 5.69. The van der Waals surface area contributed by atoms with Gasteiger partial charge in [-0.2, -0.15) is 0 Å². The van der Waals surface area contributed by atoms with Gasteiger partial charge in [0.05, 0.1) is 17.1 Å². The number of hydrogen-bond donors (Lipinski definition) is 1. The van der Waals surface area contributed by atoms with Crippen molar-refractivity contribution in [3.63, 3.8) is 0 Å². The lowest BCUT2D eigenvalue weighted by molar-refractivity contribution is 1.11. The summed E-state index contributed by atoms with van der Waals surface area (Å²) in [5, 5.41) is 6.66. The molecule has 6 heteroatoms. The Morgan fingerprint density at radius 3 is 2.57 bits per heavy atom. The monoisotopic (exact) mass is 361 g/mol. The van der Waals surface area contributed by atoms with E-state index in [2.05, 4.69) is 58.1 Å². The van der Waals surface area contributed by atoms with Gasteiger partial charge < -0.3 is 10.2 Å². The first-order chi connectivity index (χ1) is 10.7. The van der Waals surface area contributed by atoms with Crippen LogP contribution in [0.15, 0.2) is 57.6 Å². The van der Waals surface area contributed by atoms with Gasteiger partial charge in [-0.3, -0.25) is 0 Å². The number of anilines is 3. The molecule has 0 bridgehead atoms. The molecule has 1 N–H and O–H groups in total. The fourth-order valence-corrected chi connectivity index (χ4v) is 4.14. The van der Waals surface area contributed by atoms with E-state index in [0.717, 1.165) is 22.1 Å². The number of benzene rings is 2. The number of fused-ring (bicyclic) bond motifs is 2. The first kappa shape index (κ1) is 16.2. The number of hydrogen-bond acceptors (Lipinski definition) is 5. The quantitative estimate of drug-likeness (QED) is 0.509. The van der Waals surface area contributed by atoms with Gasteiger partial charge >= 0.3 is 0 Å². The number of thiazole rings is 1. The summed E-state index contributed by atoms with van der Waals surface area (Å²) in [6.07, 6.45) is 0. The van der Waals surface area contributed by atoms with Crippen LogP contribution in [0, 0.1) is 0 Å². The van der Waals surface area contributed by atoms with E-state index in [9.17, 15) is 0 Å². The molecule has 0 fully saturated rings. The van der Waals surface area contributed by atoms with Gasteiger partial charge in [0.2, 0.25) is 0 Å². The molecule has 23 heavy (non-hydrogen) atoms. The normalized spacial score (nSPS) is 11.7. The topological polar surface area (TPSA) is 28.2 Å². The number of nitrogens with zero attached hydrogens (tertiary/aromatic N) is 2. The second kappa shape index (κ2) is 6.43. The van der Waals surface area contributed by atoms with Gasteiger partial charge in [0.1, 0.15) is 0 Å². The minimum Gasteiger partial charge on any atom is -0.354 e. The SMILES string of the molecule is CN(C)c1nc(-c2ccc3c(c2)Nc2ccccc2S3)cs1.Cl. The first-order valence-electron chi connectivity index (χ1n) is 7.02. The summed E-state index contributed by atoms with van der Waals surface area (Å²) in [6.45, 7) is 0. The Kier molecular flexibility index (Phi) is 4.53. The second-order valence-electron chi connectivity index (χ2n) is 5.34. The summed E-state index contributed by atoms with van der Waals surface area (Å²) in [4.78, 5) is 9.25. The highest BCUT2D eigenvalue weighted by Gasteiger charge is 2.16.